The van der Waals surface area contributed by atoms with Gasteiger partial charge in [-0.25, -0.2) is 0 Å². The SMILES string of the molecule is C[PH]1(C)CC2CCCC2C1. The zero-order chi connectivity index (χ0) is 7.19. The summed E-state index contributed by atoms with van der Waals surface area (Å²) in [6.07, 6.45) is 7.98. The first-order chi connectivity index (χ1) is 4.67. The van der Waals surface area contributed by atoms with Gasteiger partial charge in [0.1, 0.15) is 0 Å². The Balaban J connectivity index is 2.07. The van der Waals surface area contributed by atoms with Crippen LogP contribution in [0.5, 0.6) is 0 Å². The van der Waals surface area contributed by atoms with Crippen LogP contribution in [0.2, 0.25) is 0 Å². The van der Waals surface area contributed by atoms with Gasteiger partial charge >= 0.3 is 64.0 Å². The summed E-state index contributed by atoms with van der Waals surface area (Å²) in [5.74, 6) is 2.36. The van der Waals surface area contributed by atoms with Crippen LogP contribution in [0.3, 0.4) is 0 Å². The molecule has 2 rings (SSSR count). The van der Waals surface area contributed by atoms with E-state index in [0.717, 1.165) is 0 Å². The fraction of sp³-hybridized carbons (Fsp3) is 1.00. The summed E-state index contributed by atoms with van der Waals surface area (Å²) >= 11 is 0. The summed E-state index contributed by atoms with van der Waals surface area (Å²) in [6.45, 7) is 5.15. The molecule has 2 aliphatic rings. The van der Waals surface area contributed by atoms with E-state index in [-0.39, 0.29) is 0 Å². The minimum atomic E-state index is -0.636. The van der Waals surface area contributed by atoms with Crippen molar-refractivity contribution in [2.45, 2.75) is 19.3 Å². The number of hydrogen-bond acceptors (Lipinski definition) is 0. The molecule has 1 heteroatoms. The normalized spacial score (nSPS) is 47.0. The van der Waals surface area contributed by atoms with Crippen LogP contribution < -0.4 is 0 Å². The van der Waals surface area contributed by atoms with Crippen LogP contribution in [0.25, 0.3) is 0 Å². The standard InChI is InChI=1S/C9H19P/c1-10(2)6-8-4-3-5-9(8)7-10/h8-10H,3-7H2,1-2H3. The average Bonchev–Trinajstić information content (AvgIpc) is 2.20. The Morgan fingerprint density at radius 1 is 1.00 bits per heavy atom. The molecule has 0 radical (unpaired) electrons. The van der Waals surface area contributed by atoms with Gasteiger partial charge in [-0.3, -0.25) is 0 Å². The van der Waals surface area contributed by atoms with Crippen molar-refractivity contribution in [1.29, 1.82) is 0 Å². The Hall–Kier alpha value is 0.430. The van der Waals surface area contributed by atoms with Gasteiger partial charge in [0, 0.05) is 0 Å². The number of hydrogen-bond donors (Lipinski definition) is 0. The third-order valence-electron chi connectivity index (χ3n) is 3.45. The van der Waals surface area contributed by atoms with E-state index in [1.54, 1.807) is 31.6 Å². The molecule has 0 nitrogen and oxygen atoms in total. The molecule has 0 aromatic rings. The average molecular weight is 158 g/mol. The van der Waals surface area contributed by atoms with Crippen LogP contribution in [0.4, 0.5) is 0 Å². The molecule has 0 bridgehead atoms. The molecule has 60 valence electrons. The van der Waals surface area contributed by atoms with Gasteiger partial charge in [0.15, 0.2) is 0 Å². The molecule has 0 spiro atoms. The van der Waals surface area contributed by atoms with Gasteiger partial charge in [0.05, 0.1) is 0 Å². The maximum atomic E-state index is 2.57. The summed E-state index contributed by atoms with van der Waals surface area (Å²) in [5, 5.41) is 0. The van der Waals surface area contributed by atoms with Crippen molar-refractivity contribution >= 4 is 7.26 Å². The molecule has 0 N–H and O–H groups in total. The topological polar surface area (TPSA) is 0 Å². The molecular formula is C9H19P. The van der Waals surface area contributed by atoms with E-state index in [2.05, 4.69) is 13.3 Å². The predicted octanol–water partition coefficient (Wildman–Crippen LogP) is 2.43. The Morgan fingerprint density at radius 2 is 1.50 bits per heavy atom. The zero-order valence-corrected chi connectivity index (χ0v) is 8.19. The molecule has 0 amide bonds. The molecule has 1 aliphatic carbocycles. The van der Waals surface area contributed by atoms with Crippen molar-refractivity contribution in [3.63, 3.8) is 0 Å². The first-order valence-electron chi connectivity index (χ1n) is 4.67. The zero-order valence-electron chi connectivity index (χ0n) is 7.19. The van der Waals surface area contributed by atoms with E-state index < -0.39 is 7.26 Å². The summed E-state index contributed by atoms with van der Waals surface area (Å²) in [6, 6.07) is 0. The van der Waals surface area contributed by atoms with E-state index in [4.69, 9.17) is 0 Å². The van der Waals surface area contributed by atoms with Crippen LogP contribution in [0.15, 0.2) is 0 Å². The van der Waals surface area contributed by atoms with Gasteiger partial charge in [-0.1, -0.05) is 0 Å². The van der Waals surface area contributed by atoms with E-state index in [1.165, 1.54) is 11.8 Å². The van der Waals surface area contributed by atoms with Crippen molar-refractivity contribution < 1.29 is 0 Å². The molecule has 0 aromatic heterocycles. The van der Waals surface area contributed by atoms with Crippen LogP contribution >= 0.6 is 7.26 Å². The Morgan fingerprint density at radius 3 is 2.00 bits per heavy atom. The van der Waals surface area contributed by atoms with E-state index in [1.807, 2.05) is 0 Å². The van der Waals surface area contributed by atoms with Gasteiger partial charge in [-0.05, 0) is 0 Å². The first-order valence-corrected chi connectivity index (χ1v) is 8.09. The fourth-order valence-electron chi connectivity index (χ4n) is 3.15. The summed E-state index contributed by atoms with van der Waals surface area (Å²) < 4.78 is 0. The van der Waals surface area contributed by atoms with Crippen LogP contribution in [0, 0.1) is 11.8 Å². The van der Waals surface area contributed by atoms with E-state index >= 15 is 0 Å². The van der Waals surface area contributed by atoms with Crippen molar-refractivity contribution in [3.8, 4) is 0 Å². The molecule has 1 aliphatic heterocycles. The van der Waals surface area contributed by atoms with Crippen LogP contribution in [-0.2, 0) is 0 Å². The van der Waals surface area contributed by atoms with Crippen LogP contribution in [0.1, 0.15) is 19.3 Å². The third kappa shape index (κ3) is 1.11. The van der Waals surface area contributed by atoms with Crippen LogP contribution in [-0.4, -0.2) is 25.7 Å². The molecule has 0 aromatic carbocycles. The Labute approximate surface area is 64.7 Å². The van der Waals surface area contributed by atoms with E-state index in [9.17, 15) is 0 Å². The van der Waals surface area contributed by atoms with Gasteiger partial charge in [-0.15, -0.1) is 0 Å². The second-order valence-electron chi connectivity index (χ2n) is 5.02. The minimum absolute atomic E-state index is 0.636. The number of fused-ring (bicyclic) bond motifs is 1. The van der Waals surface area contributed by atoms with E-state index in [0.29, 0.717) is 0 Å². The third-order valence-corrected chi connectivity index (χ3v) is 6.71. The maximum absolute atomic E-state index is 2.57. The van der Waals surface area contributed by atoms with Crippen molar-refractivity contribution in [2.24, 2.45) is 11.8 Å². The van der Waals surface area contributed by atoms with Crippen molar-refractivity contribution in [2.75, 3.05) is 25.7 Å². The number of rotatable bonds is 0. The second-order valence-corrected chi connectivity index (χ2v) is 10.2. The van der Waals surface area contributed by atoms with Gasteiger partial charge in [-0.2, -0.15) is 0 Å². The van der Waals surface area contributed by atoms with Crippen molar-refractivity contribution in [1.82, 2.24) is 0 Å². The predicted molar refractivity (Wildman–Crippen MR) is 50.7 cm³/mol. The summed E-state index contributed by atoms with van der Waals surface area (Å²) in [7, 11) is -0.636. The molecule has 1 heterocycles. The van der Waals surface area contributed by atoms with Gasteiger partial charge in [0.25, 0.3) is 0 Å². The molecule has 2 atom stereocenters. The first kappa shape index (κ1) is 7.10. The van der Waals surface area contributed by atoms with Gasteiger partial charge in [0.2, 0.25) is 0 Å². The summed E-state index contributed by atoms with van der Waals surface area (Å²) in [4.78, 5) is 0. The molecule has 1 saturated heterocycles. The molecule has 2 fully saturated rings. The molecule has 1 saturated carbocycles. The molecule has 2 unspecified atom stereocenters. The Kier molecular flexibility index (Phi) is 1.57. The van der Waals surface area contributed by atoms with Crippen molar-refractivity contribution in [3.05, 3.63) is 0 Å². The quantitative estimate of drug-likeness (QED) is 0.475. The second kappa shape index (κ2) is 2.21. The summed E-state index contributed by atoms with van der Waals surface area (Å²) in [5.41, 5.74) is 0. The fourth-order valence-corrected chi connectivity index (χ4v) is 7.23. The monoisotopic (exact) mass is 158 g/mol. The van der Waals surface area contributed by atoms with Gasteiger partial charge < -0.3 is 0 Å². The molecule has 10 heavy (non-hydrogen) atoms. The Bertz CT molecular complexity index is 126. The molecular weight excluding hydrogens is 139 g/mol.